The summed E-state index contributed by atoms with van der Waals surface area (Å²) in [5.41, 5.74) is -0.295. The highest BCUT2D eigenvalue weighted by Crippen LogP contribution is 2.27. The van der Waals surface area contributed by atoms with Crippen LogP contribution in [0.3, 0.4) is 0 Å². The Hall–Kier alpha value is -0.250. The van der Waals surface area contributed by atoms with Crippen molar-refractivity contribution in [2.45, 2.75) is 53.1 Å². The number of alkyl halides is 1. The van der Waals surface area contributed by atoms with Crippen molar-refractivity contribution in [1.82, 2.24) is 5.32 Å². The highest BCUT2D eigenvalue weighted by atomic mass is 79.9. The van der Waals surface area contributed by atoms with E-state index in [4.69, 9.17) is 4.74 Å². The van der Waals surface area contributed by atoms with Crippen molar-refractivity contribution in [1.29, 1.82) is 0 Å². The number of ether oxygens (including phenoxy) is 1. The summed E-state index contributed by atoms with van der Waals surface area (Å²) in [6, 6.07) is 0. The quantitative estimate of drug-likeness (QED) is 0.785. The van der Waals surface area contributed by atoms with Gasteiger partial charge < -0.3 is 10.1 Å². The van der Waals surface area contributed by atoms with E-state index in [1.165, 1.54) is 0 Å². The molecule has 3 nitrogen and oxygen atoms in total. The molecular formula is C12H24BrNO2. The summed E-state index contributed by atoms with van der Waals surface area (Å²) >= 11 is 3.51. The number of carbonyl (C=O) groups is 1. The molecule has 0 unspecified atom stereocenters. The number of hydrogen-bond acceptors (Lipinski definition) is 2. The van der Waals surface area contributed by atoms with Gasteiger partial charge in [0.25, 0.3) is 0 Å². The largest absolute Gasteiger partial charge is 0.444 e. The number of alkyl carbamates (subject to hydrolysis) is 1. The molecule has 0 saturated carbocycles. The van der Waals surface area contributed by atoms with E-state index in [1.807, 2.05) is 20.8 Å². The average Bonchev–Trinajstić information content (AvgIpc) is 2.18. The summed E-state index contributed by atoms with van der Waals surface area (Å²) < 4.78 is 5.20. The van der Waals surface area contributed by atoms with E-state index < -0.39 is 5.60 Å². The summed E-state index contributed by atoms with van der Waals surface area (Å²) in [4.78, 5) is 11.5. The fourth-order valence-electron chi connectivity index (χ4n) is 1.31. The molecule has 0 heterocycles. The molecule has 0 bridgehead atoms. The summed E-state index contributed by atoms with van der Waals surface area (Å²) in [5.74, 6) is 0. The first-order valence-corrected chi connectivity index (χ1v) is 6.93. The molecule has 0 aromatic rings. The number of halogens is 1. The number of nitrogens with one attached hydrogen (secondary N) is 1. The standard InChI is InChI=1S/C12H24BrNO2/c1-6-12(7-2,8-13)9-14-10(15)16-11(3,4)5/h6-9H2,1-5H3,(H,14,15). The molecule has 0 aliphatic carbocycles. The molecule has 0 saturated heterocycles. The van der Waals surface area contributed by atoms with Gasteiger partial charge in [0.15, 0.2) is 0 Å². The molecule has 0 rings (SSSR count). The zero-order valence-electron chi connectivity index (χ0n) is 11.0. The first-order valence-electron chi connectivity index (χ1n) is 5.81. The normalized spacial score (nSPS) is 12.4. The number of rotatable bonds is 5. The van der Waals surface area contributed by atoms with Crippen molar-refractivity contribution in [2.75, 3.05) is 11.9 Å². The van der Waals surface area contributed by atoms with E-state index in [2.05, 4.69) is 35.1 Å². The smallest absolute Gasteiger partial charge is 0.407 e. The van der Waals surface area contributed by atoms with Gasteiger partial charge in [0.2, 0.25) is 0 Å². The molecule has 96 valence electrons. The number of hydrogen-bond donors (Lipinski definition) is 1. The molecule has 0 fully saturated rings. The zero-order valence-corrected chi connectivity index (χ0v) is 12.6. The minimum atomic E-state index is -0.431. The van der Waals surface area contributed by atoms with Gasteiger partial charge >= 0.3 is 6.09 Å². The molecule has 0 aliphatic rings. The number of carbonyl (C=O) groups excluding carboxylic acids is 1. The topological polar surface area (TPSA) is 38.3 Å². The van der Waals surface area contributed by atoms with Crippen LogP contribution in [0.4, 0.5) is 4.79 Å². The van der Waals surface area contributed by atoms with Gasteiger partial charge in [-0.15, -0.1) is 0 Å². The molecule has 4 heteroatoms. The summed E-state index contributed by atoms with van der Waals surface area (Å²) in [7, 11) is 0. The Morgan fingerprint density at radius 1 is 1.25 bits per heavy atom. The van der Waals surface area contributed by atoms with Crippen LogP contribution in [0.1, 0.15) is 47.5 Å². The number of amides is 1. The van der Waals surface area contributed by atoms with Gasteiger partial charge in [0.1, 0.15) is 5.60 Å². The molecule has 0 aromatic carbocycles. The van der Waals surface area contributed by atoms with Crippen LogP contribution in [0.2, 0.25) is 0 Å². The first kappa shape index (κ1) is 15.8. The minimum absolute atomic E-state index is 0.136. The third kappa shape index (κ3) is 5.73. The fourth-order valence-corrected chi connectivity index (χ4v) is 2.30. The van der Waals surface area contributed by atoms with Gasteiger partial charge in [-0.05, 0) is 39.0 Å². The Morgan fingerprint density at radius 3 is 2.06 bits per heavy atom. The molecule has 16 heavy (non-hydrogen) atoms. The zero-order chi connectivity index (χ0) is 12.8. The second-order valence-corrected chi connectivity index (χ2v) is 5.76. The van der Waals surface area contributed by atoms with E-state index in [9.17, 15) is 4.79 Å². The van der Waals surface area contributed by atoms with Crippen LogP contribution in [-0.2, 0) is 4.74 Å². The molecule has 0 aliphatic heterocycles. The lowest BCUT2D eigenvalue weighted by molar-refractivity contribution is 0.0502. The lowest BCUT2D eigenvalue weighted by Gasteiger charge is -2.30. The Bertz CT molecular complexity index is 211. The summed E-state index contributed by atoms with van der Waals surface area (Å²) in [6.07, 6.45) is 1.73. The van der Waals surface area contributed by atoms with E-state index in [0.717, 1.165) is 18.2 Å². The van der Waals surface area contributed by atoms with Gasteiger partial charge in [-0.3, -0.25) is 0 Å². The highest BCUT2D eigenvalue weighted by Gasteiger charge is 2.26. The highest BCUT2D eigenvalue weighted by molar-refractivity contribution is 9.09. The lowest BCUT2D eigenvalue weighted by atomic mass is 9.85. The van der Waals surface area contributed by atoms with E-state index in [1.54, 1.807) is 0 Å². The third-order valence-corrected chi connectivity index (χ3v) is 3.98. The predicted molar refractivity (Wildman–Crippen MR) is 71.0 cm³/mol. The molecular weight excluding hydrogens is 270 g/mol. The third-order valence-electron chi connectivity index (χ3n) is 2.79. The molecule has 0 spiro atoms. The first-order chi connectivity index (χ1) is 7.28. The summed E-state index contributed by atoms with van der Waals surface area (Å²) in [5, 5.41) is 3.73. The Balaban J connectivity index is 4.17. The van der Waals surface area contributed by atoms with E-state index in [0.29, 0.717) is 6.54 Å². The van der Waals surface area contributed by atoms with Gasteiger partial charge in [-0.2, -0.15) is 0 Å². The van der Waals surface area contributed by atoms with Crippen LogP contribution >= 0.6 is 15.9 Å². The van der Waals surface area contributed by atoms with Crippen molar-refractivity contribution in [3.05, 3.63) is 0 Å². The van der Waals surface area contributed by atoms with Crippen LogP contribution in [-0.4, -0.2) is 23.6 Å². The van der Waals surface area contributed by atoms with Gasteiger partial charge in [-0.1, -0.05) is 29.8 Å². The average molecular weight is 294 g/mol. The van der Waals surface area contributed by atoms with Crippen molar-refractivity contribution in [3.63, 3.8) is 0 Å². The van der Waals surface area contributed by atoms with Crippen LogP contribution in [0, 0.1) is 5.41 Å². The van der Waals surface area contributed by atoms with Crippen LogP contribution in [0.15, 0.2) is 0 Å². The molecule has 1 amide bonds. The molecule has 0 atom stereocenters. The van der Waals surface area contributed by atoms with Crippen LogP contribution < -0.4 is 5.32 Å². The van der Waals surface area contributed by atoms with Gasteiger partial charge in [0, 0.05) is 11.9 Å². The second-order valence-electron chi connectivity index (χ2n) is 5.20. The van der Waals surface area contributed by atoms with E-state index in [-0.39, 0.29) is 11.5 Å². The van der Waals surface area contributed by atoms with Crippen LogP contribution in [0.5, 0.6) is 0 Å². The van der Waals surface area contributed by atoms with Gasteiger partial charge in [-0.25, -0.2) is 4.79 Å². The van der Waals surface area contributed by atoms with Crippen molar-refractivity contribution >= 4 is 22.0 Å². The second kappa shape index (κ2) is 6.48. The Labute approximate surface area is 107 Å². The molecule has 1 N–H and O–H groups in total. The van der Waals surface area contributed by atoms with Crippen molar-refractivity contribution < 1.29 is 9.53 Å². The van der Waals surface area contributed by atoms with Crippen molar-refractivity contribution in [3.8, 4) is 0 Å². The summed E-state index contributed by atoms with van der Waals surface area (Å²) in [6.45, 7) is 10.5. The van der Waals surface area contributed by atoms with Crippen molar-refractivity contribution in [2.24, 2.45) is 5.41 Å². The maximum absolute atomic E-state index is 11.5. The SMILES string of the molecule is CCC(CC)(CBr)CNC(=O)OC(C)(C)C. The van der Waals surface area contributed by atoms with Crippen LogP contribution in [0.25, 0.3) is 0 Å². The van der Waals surface area contributed by atoms with Gasteiger partial charge in [0.05, 0.1) is 0 Å². The predicted octanol–water partition coefficient (Wildman–Crippen LogP) is 3.71. The van der Waals surface area contributed by atoms with E-state index >= 15 is 0 Å². The maximum Gasteiger partial charge on any atom is 0.407 e. The molecule has 0 aromatic heterocycles. The monoisotopic (exact) mass is 293 g/mol. The fraction of sp³-hybridized carbons (Fsp3) is 0.917. The minimum Gasteiger partial charge on any atom is -0.444 e. The molecule has 0 radical (unpaired) electrons. The Kier molecular flexibility index (Phi) is 6.38. The maximum atomic E-state index is 11.5. The lowest BCUT2D eigenvalue weighted by Crippen LogP contribution is -2.40. The Morgan fingerprint density at radius 2 is 1.75 bits per heavy atom.